The third-order valence-corrected chi connectivity index (χ3v) is 4.58. The first kappa shape index (κ1) is 18.1. The molecule has 2 rings (SSSR count). The van der Waals surface area contributed by atoms with Gasteiger partial charge in [-0.05, 0) is 44.7 Å². The molecule has 0 unspecified atom stereocenters. The molecular weight excluding hydrogens is 310 g/mol. The van der Waals surface area contributed by atoms with Gasteiger partial charge in [0.1, 0.15) is 11.5 Å². The molecule has 1 aliphatic rings. The number of carboxylic acids is 1. The first-order valence-corrected chi connectivity index (χ1v) is 8.23. The summed E-state index contributed by atoms with van der Waals surface area (Å²) in [6, 6.07) is 3.42. The van der Waals surface area contributed by atoms with E-state index in [1.54, 1.807) is 31.3 Å². The van der Waals surface area contributed by atoms with Gasteiger partial charge in [-0.15, -0.1) is 0 Å². The van der Waals surface area contributed by atoms with Crippen LogP contribution in [0, 0.1) is 6.92 Å². The average Bonchev–Trinajstić information content (AvgIpc) is 2.59. The second-order valence-electron chi connectivity index (χ2n) is 6.09. The van der Waals surface area contributed by atoms with Gasteiger partial charge < -0.3 is 19.5 Å². The Morgan fingerprint density at radius 1 is 1.21 bits per heavy atom. The number of ether oxygens (including phenoxy) is 2. The van der Waals surface area contributed by atoms with Gasteiger partial charge >= 0.3 is 5.97 Å². The zero-order valence-corrected chi connectivity index (χ0v) is 14.5. The lowest BCUT2D eigenvalue weighted by atomic mass is 9.96. The molecule has 1 aromatic rings. The Bertz CT molecular complexity index is 588. The number of carbonyl (C=O) groups is 2. The third kappa shape index (κ3) is 3.99. The molecule has 1 aliphatic heterocycles. The summed E-state index contributed by atoms with van der Waals surface area (Å²) in [6.45, 7) is 2.53. The first-order valence-electron chi connectivity index (χ1n) is 8.23. The largest absolute Gasteiger partial charge is 0.496 e. The molecule has 0 saturated carbocycles. The van der Waals surface area contributed by atoms with Crippen LogP contribution in [0.3, 0.4) is 0 Å². The van der Waals surface area contributed by atoms with E-state index in [1.165, 1.54) is 0 Å². The van der Waals surface area contributed by atoms with Gasteiger partial charge in [-0.3, -0.25) is 9.59 Å². The molecule has 6 nitrogen and oxygen atoms in total. The Morgan fingerprint density at radius 3 is 2.38 bits per heavy atom. The summed E-state index contributed by atoms with van der Waals surface area (Å²) in [5, 5.41) is 8.92. The molecule has 1 amide bonds. The number of carboxylic acid groups (broad SMARTS) is 1. The smallest absolute Gasteiger partial charge is 0.303 e. The van der Waals surface area contributed by atoms with Crippen molar-refractivity contribution in [3.05, 3.63) is 23.3 Å². The number of methoxy groups -OCH3 is 2. The summed E-state index contributed by atoms with van der Waals surface area (Å²) in [5.74, 6) is 0.293. The van der Waals surface area contributed by atoms with Gasteiger partial charge in [0.05, 0.1) is 14.2 Å². The number of aliphatic carboxylic acids is 1. The highest BCUT2D eigenvalue weighted by atomic mass is 16.5. The summed E-state index contributed by atoms with van der Waals surface area (Å²) in [4.78, 5) is 25.6. The summed E-state index contributed by atoms with van der Waals surface area (Å²) >= 11 is 0. The fourth-order valence-electron chi connectivity index (χ4n) is 3.23. The summed E-state index contributed by atoms with van der Waals surface area (Å²) in [6.07, 6.45) is 3.37. The fourth-order valence-corrected chi connectivity index (χ4v) is 3.23. The van der Waals surface area contributed by atoms with Crippen molar-refractivity contribution in [3.63, 3.8) is 0 Å². The number of nitrogens with zero attached hydrogens (tertiary/aromatic N) is 1. The minimum absolute atomic E-state index is 0.0272. The highest BCUT2D eigenvalue weighted by Gasteiger charge is 2.28. The minimum atomic E-state index is -0.827. The van der Waals surface area contributed by atoms with Crippen molar-refractivity contribution in [2.45, 2.75) is 45.1 Å². The summed E-state index contributed by atoms with van der Waals surface area (Å²) in [5.41, 5.74) is 1.36. The van der Waals surface area contributed by atoms with Gasteiger partial charge in [0.25, 0.3) is 5.91 Å². The molecule has 6 heteroatoms. The highest BCUT2D eigenvalue weighted by Crippen LogP contribution is 2.31. The van der Waals surface area contributed by atoms with E-state index >= 15 is 0 Å². The van der Waals surface area contributed by atoms with E-state index in [0.29, 0.717) is 30.0 Å². The highest BCUT2D eigenvalue weighted by molar-refractivity contribution is 5.95. The van der Waals surface area contributed by atoms with Crippen LogP contribution in [0.5, 0.6) is 11.5 Å². The Morgan fingerprint density at radius 2 is 1.83 bits per heavy atom. The Labute approximate surface area is 142 Å². The molecule has 0 bridgehead atoms. The molecule has 132 valence electrons. The third-order valence-electron chi connectivity index (χ3n) is 4.58. The fraction of sp³-hybridized carbons (Fsp3) is 0.556. The molecule has 1 N–H and O–H groups in total. The summed E-state index contributed by atoms with van der Waals surface area (Å²) < 4.78 is 10.7. The van der Waals surface area contributed by atoms with Crippen LogP contribution < -0.4 is 9.47 Å². The summed E-state index contributed by atoms with van der Waals surface area (Å²) in [7, 11) is 3.12. The number of amides is 1. The SMILES string of the molecule is COc1cc(C(=O)N2CCCC[C@@H]2CCC(=O)O)cc(OC)c1C. The standard InChI is InChI=1S/C18H25NO5/c1-12-15(23-2)10-13(11-16(12)24-3)18(22)19-9-5-4-6-14(19)7-8-17(20)21/h10-11,14H,4-9H2,1-3H3,(H,20,21)/t14-/m1/s1. The maximum Gasteiger partial charge on any atom is 0.303 e. The second kappa shape index (κ2) is 8.04. The zero-order valence-electron chi connectivity index (χ0n) is 14.5. The molecule has 0 radical (unpaired) electrons. The maximum absolute atomic E-state index is 13.0. The van der Waals surface area contributed by atoms with Crippen LogP contribution in [0.1, 0.15) is 48.0 Å². The van der Waals surface area contributed by atoms with Gasteiger partial charge in [-0.2, -0.15) is 0 Å². The number of carbonyl (C=O) groups excluding carboxylic acids is 1. The van der Waals surface area contributed by atoms with Gasteiger partial charge in [0.15, 0.2) is 0 Å². The molecule has 24 heavy (non-hydrogen) atoms. The van der Waals surface area contributed by atoms with Crippen molar-refractivity contribution < 1.29 is 24.2 Å². The van der Waals surface area contributed by atoms with E-state index in [0.717, 1.165) is 24.8 Å². The zero-order chi connectivity index (χ0) is 17.7. The Kier molecular flexibility index (Phi) is 6.06. The van der Waals surface area contributed by atoms with E-state index in [2.05, 4.69) is 0 Å². The molecular formula is C18H25NO5. The van der Waals surface area contributed by atoms with Crippen molar-refractivity contribution in [1.29, 1.82) is 0 Å². The molecule has 0 aliphatic carbocycles. The van der Waals surface area contributed by atoms with Crippen molar-refractivity contribution in [3.8, 4) is 11.5 Å². The van der Waals surface area contributed by atoms with E-state index in [4.69, 9.17) is 14.6 Å². The molecule has 1 atom stereocenters. The average molecular weight is 335 g/mol. The van der Waals surface area contributed by atoms with Gasteiger partial charge in [0, 0.05) is 30.1 Å². The second-order valence-corrected chi connectivity index (χ2v) is 6.09. The van der Waals surface area contributed by atoms with E-state index in [1.807, 2.05) is 6.92 Å². The van der Waals surface area contributed by atoms with E-state index in [9.17, 15) is 9.59 Å². The van der Waals surface area contributed by atoms with Crippen LogP contribution in [0.25, 0.3) is 0 Å². The topological polar surface area (TPSA) is 76.1 Å². The van der Waals surface area contributed by atoms with Gasteiger partial charge in [0.2, 0.25) is 0 Å². The normalized spacial score (nSPS) is 17.5. The predicted octanol–water partition coefficient (Wildman–Crippen LogP) is 2.87. The lowest BCUT2D eigenvalue weighted by Gasteiger charge is -2.36. The van der Waals surface area contributed by atoms with Crippen molar-refractivity contribution in [2.24, 2.45) is 0 Å². The van der Waals surface area contributed by atoms with Crippen molar-refractivity contribution >= 4 is 11.9 Å². The quantitative estimate of drug-likeness (QED) is 0.865. The van der Waals surface area contributed by atoms with Crippen LogP contribution in [0.15, 0.2) is 12.1 Å². The van der Waals surface area contributed by atoms with Crippen LogP contribution >= 0.6 is 0 Å². The lowest BCUT2D eigenvalue weighted by Crippen LogP contribution is -2.44. The molecule has 1 heterocycles. The van der Waals surface area contributed by atoms with Crippen LogP contribution in [0.2, 0.25) is 0 Å². The van der Waals surface area contributed by atoms with Crippen molar-refractivity contribution in [2.75, 3.05) is 20.8 Å². The molecule has 1 saturated heterocycles. The van der Waals surface area contributed by atoms with Crippen LogP contribution in [0.4, 0.5) is 0 Å². The Balaban J connectivity index is 2.26. The molecule has 0 aromatic heterocycles. The predicted molar refractivity (Wildman–Crippen MR) is 89.8 cm³/mol. The number of benzene rings is 1. The number of hydrogen-bond acceptors (Lipinski definition) is 4. The number of rotatable bonds is 6. The maximum atomic E-state index is 13.0. The molecule has 1 aromatic carbocycles. The minimum Gasteiger partial charge on any atom is -0.496 e. The number of hydrogen-bond donors (Lipinski definition) is 1. The lowest BCUT2D eigenvalue weighted by molar-refractivity contribution is -0.137. The van der Waals surface area contributed by atoms with E-state index < -0.39 is 5.97 Å². The number of likely N-dealkylation sites (tertiary alicyclic amines) is 1. The van der Waals surface area contributed by atoms with Gasteiger partial charge in [-0.25, -0.2) is 0 Å². The first-order chi connectivity index (χ1) is 11.5. The van der Waals surface area contributed by atoms with Crippen molar-refractivity contribution in [1.82, 2.24) is 4.90 Å². The van der Waals surface area contributed by atoms with Crippen LogP contribution in [-0.2, 0) is 4.79 Å². The monoisotopic (exact) mass is 335 g/mol. The number of piperidine rings is 1. The molecule has 1 fully saturated rings. The van der Waals surface area contributed by atoms with Crippen LogP contribution in [-0.4, -0.2) is 48.7 Å². The Hall–Kier alpha value is -2.24. The van der Waals surface area contributed by atoms with E-state index in [-0.39, 0.29) is 18.4 Å². The van der Waals surface area contributed by atoms with Gasteiger partial charge in [-0.1, -0.05) is 0 Å². The molecule has 0 spiro atoms.